The number of thiophene rings is 1. The number of carbonyl (C=O) groups excluding carboxylic acids is 1. The number of thioether (sulfide) groups is 1. The number of anilines is 1. The maximum Gasteiger partial charge on any atom is 0.263 e. The number of nitrogens with zero attached hydrogens (tertiary/aromatic N) is 2. The van der Waals surface area contributed by atoms with E-state index in [1.807, 2.05) is 12.1 Å². The molecule has 0 bridgehead atoms. The van der Waals surface area contributed by atoms with Crippen molar-refractivity contribution in [2.45, 2.75) is 70.0 Å². The molecular weight excluding hydrogens is 450 g/mol. The second kappa shape index (κ2) is 11.2. The highest BCUT2D eigenvalue weighted by Gasteiger charge is 2.21. The molecule has 1 N–H and O–H groups in total. The number of amides is 1. The summed E-state index contributed by atoms with van der Waals surface area (Å²) in [6.07, 6.45) is 10.6. The van der Waals surface area contributed by atoms with E-state index in [0.717, 1.165) is 41.6 Å². The standard InChI is InChI=1S/C26H31N3O2S2/c1-3-5-9-18-12-14-19(15-13-18)27-22(30)17-32-26-28-24-23(25(31)29(26)16-4-2)20-10-7-6-8-11-21(20)33-24/h4,12-15H,2-3,5-11,16-17H2,1H3,(H,27,30). The Balaban J connectivity index is 1.50. The molecule has 0 atom stereocenters. The quantitative estimate of drug-likeness (QED) is 0.177. The minimum atomic E-state index is -0.109. The van der Waals surface area contributed by atoms with E-state index in [4.69, 9.17) is 4.98 Å². The van der Waals surface area contributed by atoms with Crippen molar-refractivity contribution in [1.29, 1.82) is 0 Å². The summed E-state index contributed by atoms with van der Waals surface area (Å²) in [4.78, 5) is 32.9. The second-order valence-electron chi connectivity index (χ2n) is 8.48. The Labute approximate surface area is 203 Å². The zero-order chi connectivity index (χ0) is 23.2. The van der Waals surface area contributed by atoms with Gasteiger partial charge in [-0.05, 0) is 61.8 Å². The van der Waals surface area contributed by atoms with Crippen LogP contribution in [-0.4, -0.2) is 21.2 Å². The van der Waals surface area contributed by atoms with Gasteiger partial charge in [0.25, 0.3) is 5.56 Å². The van der Waals surface area contributed by atoms with Crippen molar-refractivity contribution in [3.8, 4) is 0 Å². The third-order valence-corrected chi connectivity index (χ3v) is 8.15. The lowest BCUT2D eigenvalue weighted by atomic mass is 10.1. The van der Waals surface area contributed by atoms with Crippen LogP contribution in [0.3, 0.4) is 0 Å². The largest absolute Gasteiger partial charge is 0.325 e. The minimum absolute atomic E-state index is 0.00937. The Bertz CT molecular complexity index is 1190. The second-order valence-corrected chi connectivity index (χ2v) is 10.5. The Kier molecular flexibility index (Phi) is 8.04. The number of nitrogens with one attached hydrogen (secondary N) is 1. The lowest BCUT2D eigenvalue weighted by molar-refractivity contribution is -0.113. The lowest BCUT2D eigenvalue weighted by Gasteiger charge is -2.11. The van der Waals surface area contributed by atoms with Crippen molar-refractivity contribution in [1.82, 2.24) is 9.55 Å². The number of hydrogen-bond donors (Lipinski definition) is 1. The number of carbonyl (C=O) groups is 1. The molecule has 5 nitrogen and oxygen atoms in total. The summed E-state index contributed by atoms with van der Waals surface area (Å²) in [7, 11) is 0. The van der Waals surface area contributed by atoms with Crippen molar-refractivity contribution < 1.29 is 4.79 Å². The van der Waals surface area contributed by atoms with Crippen LogP contribution in [0, 0.1) is 0 Å². The van der Waals surface area contributed by atoms with Gasteiger partial charge in [-0.25, -0.2) is 4.98 Å². The maximum absolute atomic E-state index is 13.4. The van der Waals surface area contributed by atoms with Crippen LogP contribution in [0.4, 0.5) is 5.69 Å². The van der Waals surface area contributed by atoms with Gasteiger partial charge in [0, 0.05) is 17.1 Å². The summed E-state index contributed by atoms with van der Waals surface area (Å²) >= 11 is 2.95. The molecule has 0 saturated heterocycles. The highest BCUT2D eigenvalue weighted by Crippen LogP contribution is 2.34. The number of aryl methyl sites for hydroxylation is 3. The monoisotopic (exact) mass is 481 g/mol. The first-order chi connectivity index (χ1) is 16.1. The van der Waals surface area contributed by atoms with E-state index >= 15 is 0 Å². The molecule has 0 fully saturated rings. The fraction of sp³-hybridized carbons (Fsp3) is 0.423. The molecule has 1 aliphatic carbocycles. The number of fused-ring (bicyclic) bond motifs is 3. The molecule has 1 aliphatic rings. The van der Waals surface area contributed by atoms with Gasteiger partial charge in [0.2, 0.25) is 5.91 Å². The fourth-order valence-corrected chi connectivity index (χ4v) is 6.37. The predicted molar refractivity (Wildman–Crippen MR) is 140 cm³/mol. The van der Waals surface area contributed by atoms with Crippen LogP contribution >= 0.6 is 23.1 Å². The fourth-order valence-electron chi connectivity index (χ4n) is 4.26. The third-order valence-electron chi connectivity index (χ3n) is 5.99. The highest BCUT2D eigenvalue weighted by molar-refractivity contribution is 7.99. The average Bonchev–Trinajstić information content (AvgIpc) is 3.00. The summed E-state index contributed by atoms with van der Waals surface area (Å²) in [5.41, 5.74) is 3.25. The molecule has 0 unspecified atom stereocenters. The van der Waals surface area contributed by atoms with E-state index in [1.54, 1.807) is 22.0 Å². The van der Waals surface area contributed by atoms with Gasteiger partial charge >= 0.3 is 0 Å². The van der Waals surface area contributed by atoms with Crippen molar-refractivity contribution >= 4 is 44.9 Å². The zero-order valence-corrected chi connectivity index (χ0v) is 20.8. The van der Waals surface area contributed by atoms with E-state index in [2.05, 4.69) is 31.0 Å². The molecule has 1 amide bonds. The summed E-state index contributed by atoms with van der Waals surface area (Å²) in [6.45, 7) is 6.38. The number of hydrogen-bond acceptors (Lipinski definition) is 5. The van der Waals surface area contributed by atoms with Crippen molar-refractivity contribution in [3.05, 3.63) is 63.3 Å². The molecule has 33 heavy (non-hydrogen) atoms. The van der Waals surface area contributed by atoms with E-state index in [9.17, 15) is 9.59 Å². The lowest BCUT2D eigenvalue weighted by Crippen LogP contribution is -2.24. The SMILES string of the molecule is C=CCn1c(SCC(=O)Nc2ccc(CCCC)cc2)nc2sc3c(c2c1=O)CCCCC3. The van der Waals surface area contributed by atoms with E-state index in [1.165, 1.54) is 53.4 Å². The van der Waals surface area contributed by atoms with Gasteiger partial charge in [-0.2, -0.15) is 0 Å². The molecule has 0 spiro atoms. The van der Waals surface area contributed by atoms with E-state index < -0.39 is 0 Å². The summed E-state index contributed by atoms with van der Waals surface area (Å²) < 4.78 is 1.66. The summed E-state index contributed by atoms with van der Waals surface area (Å²) in [6, 6.07) is 8.03. The number of aromatic nitrogens is 2. The van der Waals surface area contributed by atoms with Crippen LogP contribution in [0.25, 0.3) is 10.2 Å². The molecule has 0 saturated carbocycles. The molecule has 174 valence electrons. The van der Waals surface area contributed by atoms with Gasteiger partial charge in [0.05, 0.1) is 11.1 Å². The summed E-state index contributed by atoms with van der Waals surface area (Å²) in [5.74, 6) is 0.0837. The molecular formula is C26H31N3O2S2. The van der Waals surface area contributed by atoms with Crippen molar-refractivity contribution in [2.75, 3.05) is 11.1 Å². The van der Waals surface area contributed by atoms with Crippen LogP contribution in [0.1, 0.15) is 55.0 Å². The molecule has 4 rings (SSSR count). The molecule has 7 heteroatoms. The Morgan fingerprint density at radius 3 is 2.79 bits per heavy atom. The number of allylic oxidation sites excluding steroid dienone is 1. The molecule has 0 aliphatic heterocycles. The van der Waals surface area contributed by atoms with Crippen LogP contribution in [-0.2, 0) is 30.6 Å². The third kappa shape index (κ3) is 5.58. The highest BCUT2D eigenvalue weighted by atomic mass is 32.2. The van der Waals surface area contributed by atoms with Crippen molar-refractivity contribution in [3.63, 3.8) is 0 Å². The van der Waals surface area contributed by atoms with Gasteiger partial charge < -0.3 is 5.32 Å². The normalized spacial score (nSPS) is 13.5. The van der Waals surface area contributed by atoms with E-state index in [0.29, 0.717) is 11.7 Å². The predicted octanol–water partition coefficient (Wildman–Crippen LogP) is 5.99. The molecule has 3 aromatic rings. The Morgan fingerprint density at radius 2 is 2.03 bits per heavy atom. The van der Waals surface area contributed by atoms with Crippen LogP contribution < -0.4 is 10.9 Å². The van der Waals surface area contributed by atoms with Gasteiger partial charge in [-0.3, -0.25) is 14.2 Å². The average molecular weight is 482 g/mol. The van der Waals surface area contributed by atoms with E-state index in [-0.39, 0.29) is 17.2 Å². The van der Waals surface area contributed by atoms with Crippen molar-refractivity contribution in [2.24, 2.45) is 0 Å². The first kappa shape index (κ1) is 23.8. The first-order valence-electron chi connectivity index (χ1n) is 11.8. The smallest absolute Gasteiger partial charge is 0.263 e. The topological polar surface area (TPSA) is 64.0 Å². The Hall–Kier alpha value is -2.38. The number of unbranched alkanes of at least 4 members (excludes halogenated alkanes) is 1. The van der Waals surface area contributed by atoms with Gasteiger partial charge in [-0.1, -0.05) is 49.7 Å². The maximum atomic E-state index is 13.4. The number of benzene rings is 1. The van der Waals surface area contributed by atoms with Crippen LogP contribution in [0.2, 0.25) is 0 Å². The van der Waals surface area contributed by atoms with Crippen LogP contribution in [0.15, 0.2) is 46.9 Å². The molecule has 1 aromatic carbocycles. The Morgan fingerprint density at radius 1 is 1.24 bits per heavy atom. The van der Waals surface area contributed by atoms with Gasteiger partial charge in [0.1, 0.15) is 4.83 Å². The zero-order valence-electron chi connectivity index (χ0n) is 19.2. The number of rotatable bonds is 9. The van der Waals surface area contributed by atoms with Gasteiger partial charge in [-0.15, -0.1) is 17.9 Å². The minimum Gasteiger partial charge on any atom is -0.325 e. The first-order valence-corrected chi connectivity index (χ1v) is 13.6. The summed E-state index contributed by atoms with van der Waals surface area (Å²) in [5, 5.41) is 4.30. The van der Waals surface area contributed by atoms with Gasteiger partial charge in [0.15, 0.2) is 5.16 Å². The molecule has 2 aromatic heterocycles. The molecule has 0 radical (unpaired) electrons. The molecule has 2 heterocycles. The van der Waals surface area contributed by atoms with Crippen LogP contribution in [0.5, 0.6) is 0 Å².